The van der Waals surface area contributed by atoms with Gasteiger partial charge in [0.25, 0.3) is 0 Å². The highest BCUT2D eigenvalue weighted by Gasteiger charge is 1.97. The molecule has 0 bridgehead atoms. The molecule has 0 rings (SSSR count). The molecule has 0 aliphatic heterocycles. The van der Waals surface area contributed by atoms with E-state index in [1.54, 1.807) is 6.08 Å². The summed E-state index contributed by atoms with van der Waals surface area (Å²) in [5, 5.41) is 0. The third-order valence-electron chi connectivity index (χ3n) is 1.04. The first-order chi connectivity index (χ1) is 4.35. The van der Waals surface area contributed by atoms with Crippen molar-refractivity contribution in [1.29, 1.82) is 0 Å². The SMILES string of the molecule is C=CCC(C=C)OCC. The highest BCUT2D eigenvalue weighted by atomic mass is 16.5. The number of hydrogen-bond acceptors (Lipinski definition) is 1. The molecule has 9 heavy (non-hydrogen) atoms. The van der Waals surface area contributed by atoms with Crippen LogP contribution in [0, 0.1) is 0 Å². The average molecular weight is 126 g/mol. The van der Waals surface area contributed by atoms with Crippen molar-refractivity contribution in [3.05, 3.63) is 25.3 Å². The van der Waals surface area contributed by atoms with Crippen molar-refractivity contribution in [2.45, 2.75) is 19.4 Å². The van der Waals surface area contributed by atoms with Crippen molar-refractivity contribution in [3.8, 4) is 0 Å². The van der Waals surface area contributed by atoms with Gasteiger partial charge in [-0.15, -0.1) is 13.2 Å². The zero-order valence-electron chi connectivity index (χ0n) is 5.97. The highest BCUT2D eigenvalue weighted by molar-refractivity contribution is 4.85. The van der Waals surface area contributed by atoms with E-state index in [-0.39, 0.29) is 6.10 Å². The topological polar surface area (TPSA) is 9.23 Å². The molecule has 0 fully saturated rings. The van der Waals surface area contributed by atoms with Gasteiger partial charge in [0, 0.05) is 6.61 Å². The Morgan fingerprint density at radius 1 is 1.56 bits per heavy atom. The summed E-state index contributed by atoms with van der Waals surface area (Å²) in [5.74, 6) is 0. The zero-order chi connectivity index (χ0) is 7.11. The Hall–Kier alpha value is -0.560. The molecule has 0 spiro atoms. The maximum absolute atomic E-state index is 5.24. The molecule has 1 unspecified atom stereocenters. The lowest BCUT2D eigenvalue weighted by Crippen LogP contribution is -2.07. The van der Waals surface area contributed by atoms with Crippen LogP contribution in [-0.4, -0.2) is 12.7 Å². The van der Waals surface area contributed by atoms with Crippen molar-refractivity contribution >= 4 is 0 Å². The van der Waals surface area contributed by atoms with E-state index in [2.05, 4.69) is 13.2 Å². The minimum atomic E-state index is 0.160. The fourth-order valence-electron chi connectivity index (χ4n) is 0.611. The molecule has 0 aromatic rings. The molecule has 0 N–H and O–H groups in total. The van der Waals surface area contributed by atoms with Gasteiger partial charge in [-0.3, -0.25) is 0 Å². The van der Waals surface area contributed by atoms with Gasteiger partial charge >= 0.3 is 0 Å². The van der Waals surface area contributed by atoms with E-state index in [4.69, 9.17) is 4.74 Å². The lowest BCUT2D eigenvalue weighted by atomic mass is 10.2. The van der Waals surface area contributed by atoms with Gasteiger partial charge in [0.15, 0.2) is 0 Å². The third-order valence-corrected chi connectivity index (χ3v) is 1.04. The summed E-state index contributed by atoms with van der Waals surface area (Å²) in [6, 6.07) is 0. The second-order valence-corrected chi connectivity index (χ2v) is 1.75. The molecule has 0 radical (unpaired) electrons. The van der Waals surface area contributed by atoms with Gasteiger partial charge in [-0.25, -0.2) is 0 Å². The van der Waals surface area contributed by atoms with Crippen LogP contribution in [0.15, 0.2) is 25.3 Å². The van der Waals surface area contributed by atoms with Gasteiger partial charge in [-0.1, -0.05) is 12.2 Å². The maximum Gasteiger partial charge on any atom is 0.0787 e. The van der Waals surface area contributed by atoms with E-state index in [9.17, 15) is 0 Å². The first-order valence-electron chi connectivity index (χ1n) is 3.20. The Morgan fingerprint density at radius 2 is 2.22 bits per heavy atom. The number of ether oxygens (including phenoxy) is 1. The van der Waals surface area contributed by atoms with E-state index in [1.807, 2.05) is 13.0 Å². The van der Waals surface area contributed by atoms with Crippen LogP contribution in [0.1, 0.15) is 13.3 Å². The molecule has 0 amide bonds. The molecule has 52 valence electrons. The minimum Gasteiger partial charge on any atom is -0.374 e. The fourth-order valence-corrected chi connectivity index (χ4v) is 0.611. The van der Waals surface area contributed by atoms with E-state index in [1.165, 1.54) is 0 Å². The average Bonchev–Trinajstić information content (AvgIpc) is 1.88. The molecule has 0 aliphatic carbocycles. The normalized spacial score (nSPS) is 12.6. The molecule has 0 heterocycles. The summed E-state index contributed by atoms with van der Waals surface area (Å²) >= 11 is 0. The van der Waals surface area contributed by atoms with Gasteiger partial charge < -0.3 is 4.74 Å². The maximum atomic E-state index is 5.24. The van der Waals surface area contributed by atoms with Crippen LogP contribution in [0.3, 0.4) is 0 Å². The monoisotopic (exact) mass is 126 g/mol. The van der Waals surface area contributed by atoms with Crippen LogP contribution in [0.25, 0.3) is 0 Å². The smallest absolute Gasteiger partial charge is 0.0787 e. The lowest BCUT2D eigenvalue weighted by Gasteiger charge is -2.08. The van der Waals surface area contributed by atoms with Gasteiger partial charge in [0.1, 0.15) is 0 Å². The standard InChI is InChI=1S/C8H14O/c1-4-7-8(5-2)9-6-3/h4-5,8H,1-2,6-7H2,3H3. The Balaban J connectivity index is 3.40. The lowest BCUT2D eigenvalue weighted by molar-refractivity contribution is 0.0988. The predicted molar refractivity (Wildman–Crippen MR) is 40.4 cm³/mol. The molecule has 0 saturated carbocycles. The zero-order valence-corrected chi connectivity index (χ0v) is 5.97. The van der Waals surface area contributed by atoms with E-state index in [0.29, 0.717) is 0 Å². The first kappa shape index (κ1) is 8.44. The molecule has 0 aromatic carbocycles. The predicted octanol–water partition coefficient (Wildman–Crippen LogP) is 2.15. The highest BCUT2D eigenvalue weighted by Crippen LogP contribution is 1.98. The summed E-state index contributed by atoms with van der Waals surface area (Å²) in [4.78, 5) is 0. The molecule has 1 nitrogen and oxygen atoms in total. The Bertz CT molecular complexity index is 86.6. The van der Waals surface area contributed by atoms with E-state index < -0.39 is 0 Å². The van der Waals surface area contributed by atoms with Gasteiger partial charge in [-0.05, 0) is 13.3 Å². The van der Waals surface area contributed by atoms with Crippen molar-refractivity contribution in [3.63, 3.8) is 0 Å². The van der Waals surface area contributed by atoms with Gasteiger partial charge in [0.05, 0.1) is 6.10 Å². The second-order valence-electron chi connectivity index (χ2n) is 1.75. The molecule has 1 heteroatoms. The molecule has 0 aromatic heterocycles. The Labute approximate surface area is 57.0 Å². The Kier molecular flexibility index (Phi) is 5.23. The molecular weight excluding hydrogens is 112 g/mol. The van der Waals surface area contributed by atoms with Crippen LogP contribution in [0.2, 0.25) is 0 Å². The molecule has 1 atom stereocenters. The van der Waals surface area contributed by atoms with Crippen LogP contribution in [0.5, 0.6) is 0 Å². The van der Waals surface area contributed by atoms with Crippen molar-refractivity contribution in [2.24, 2.45) is 0 Å². The summed E-state index contributed by atoms with van der Waals surface area (Å²) < 4.78 is 5.24. The summed E-state index contributed by atoms with van der Waals surface area (Å²) in [6.07, 6.45) is 4.65. The molecular formula is C8H14O. The minimum absolute atomic E-state index is 0.160. The van der Waals surface area contributed by atoms with Crippen LogP contribution in [-0.2, 0) is 4.74 Å². The largest absolute Gasteiger partial charge is 0.374 e. The second kappa shape index (κ2) is 5.57. The van der Waals surface area contributed by atoms with Crippen LogP contribution < -0.4 is 0 Å². The third kappa shape index (κ3) is 3.98. The fraction of sp³-hybridized carbons (Fsp3) is 0.500. The van der Waals surface area contributed by atoms with Crippen molar-refractivity contribution in [2.75, 3.05) is 6.61 Å². The molecule has 0 saturated heterocycles. The van der Waals surface area contributed by atoms with Crippen molar-refractivity contribution < 1.29 is 4.74 Å². The van der Waals surface area contributed by atoms with E-state index in [0.717, 1.165) is 13.0 Å². The molecule has 0 aliphatic rings. The summed E-state index contributed by atoms with van der Waals surface area (Å²) in [7, 11) is 0. The first-order valence-corrected chi connectivity index (χ1v) is 3.20. The van der Waals surface area contributed by atoms with Crippen LogP contribution in [0.4, 0.5) is 0 Å². The quantitative estimate of drug-likeness (QED) is 0.513. The summed E-state index contributed by atoms with van der Waals surface area (Å²) in [6.45, 7) is 9.94. The Morgan fingerprint density at radius 3 is 2.56 bits per heavy atom. The number of hydrogen-bond donors (Lipinski definition) is 0. The van der Waals surface area contributed by atoms with Crippen LogP contribution >= 0.6 is 0 Å². The number of rotatable bonds is 5. The van der Waals surface area contributed by atoms with Crippen molar-refractivity contribution in [1.82, 2.24) is 0 Å². The van der Waals surface area contributed by atoms with Gasteiger partial charge in [0.2, 0.25) is 0 Å². The van der Waals surface area contributed by atoms with E-state index >= 15 is 0 Å². The summed E-state index contributed by atoms with van der Waals surface area (Å²) in [5.41, 5.74) is 0. The van der Waals surface area contributed by atoms with Gasteiger partial charge in [-0.2, -0.15) is 0 Å².